The zero-order valence-corrected chi connectivity index (χ0v) is 10.7. The zero-order chi connectivity index (χ0) is 12.4. The second-order valence-corrected chi connectivity index (χ2v) is 4.62. The van der Waals surface area contributed by atoms with Gasteiger partial charge in [-0.15, -0.1) is 0 Å². The Morgan fingerprint density at radius 2 is 2.35 bits per heavy atom. The molecule has 0 spiro atoms. The van der Waals surface area contributed by atoms with Gasteiger partial charge in [0.2, 0.25) is 5.91 Å². The van der Waals surface area contributed by atoms with Crippen molar-refractivity contribution in [2.45, 2.75) is 6.92 Å². The number of aromatic nitrogens is 2. The SMILES string of the molecule is CC(CN)C(=O)Nc1c(Cl)ccc2nsnc12. The smallest absolute Gasteiger partial charge is 0.228 e. The zero-order valence-electron chi connectivity index (χ0n) is 9.11. The van der Waals surface area contributed by atoms with Crippen LogP contribution >= 0.6 is 23.3 Å². The van der Waals surface area contributed by atoms with Crippen LogP contribution in [0.3, 0.4) is 0 Å². The molecule has 2 aromatic rings. The summed E-state index contributed by atoms with van der Waals surface area (Å²) < 4.78 is 8.21. The second-order valence-electron chi connectivity index (χ2n) is 3.68. The summed E-state index contributed by atoms with van der Waals surface area (Å²) in [6.45, 7) is 2.04. The lowest BCUT2D eigenvalue weighted by Crippen LogP contribution is -2.26. The van der Waals surface area contributed by atoms with Crippen LogP contribution in [0.5, 0.6) is 0 Å². The van der Waals surface area contributed by atoms with Gasteiger partial charge in [0.25, 0.3) is 0 Å². The lowest BCUT2D eigenvalue weighted by molar-refractivity contribution is -0.119. The van der Waals surface area contributed by atoms with Gasteiger partial charge in [0.1, 0.15) is 11.0 Å². The molecule has 1 heterocycles. The normalized spacial score (nSPS) is 12.6. The molecule has 0 saturated heterocycles. The van der Waals surface area contributed by atoms with Crippen LogP contribution in [0.2, 0.25) is 5.02 Å². The second kappa shape index (κ2) is 4.95. The standard InChI is InChI=1S/C10H11ClN4OS/c1-5(4-12)10(16)13-8-6(11)2-3-7-9(8)15-17-14-7/h2-3,5H,4,12H2,1H3,(H,13,16). The maximum atomic E-state index is 11.8. The number of nitrogens with zero attached hydrogens (tertiary/aromatic N) is 2. The van der Waals surface area contributed by atoms with E-state index in [2.05, 4.69) is 14.1 Å². The molecular weight excluding hydrogens is 260 g/mol. The molecule has 0 bridgehead atoms. The monoisotopic (exact) mass is 270 g/mol. The van der Waals surface area contributed by atoms with Crippen LogP contribution in [0.15, 0.2) is 12.1 Å². The summed E-state index contributed by atoms with van der Waals surface area (Å²) in [5.41, 5.74) is 7.27. The van der Waals surface area contributed by atoms with Crippen molar-refractivity contribution in [3.8, 4) is 0 Å². The molecule has 1 atom stereocenters. The highest BCUT2D eigenvalue weighted by Gasteiger charge is 2.16. The Balaban J connectivity index is 2.37. The van der Waals surface area contributed by atoms with Gasteiger partial charge in [-0.2, -0.15) is 8.75 Å². The number of hydrogen-bond donors (Lipinski definition) is 2. The molecule has 0 aliphatic carbocycles. The number of halogens is 1. The number of anilines is 1. The van der Waals surface area contributed by atoms with Crippen molar-refractivity contribution in [1.82, 2.24) is 8.75 Å². The first kappa shape index (κ1) is 12.2. The molecule has 1 aromatic carbocycles. The molecular formula is C10H11ClN4OS. The molecule has 17 heavy (non-hydrogen) atoms. The number of hydrogen-bond acceptors (Lipinski definition) is 5. The summed E-state index contributed by atoms with van der Waals surface area (Å²) in [6.07, 6.45) is 0. The number of carbonyl (C=O) groups is 1. The van der Waals surface area contributed by atoms with Crippen molar-refractivity contribution < 1.29 is 4.79 Å². The maximum absolute atomic E-state index is 11.8. The van der Waals surface area contributed by atoms with E-state index in [1.807, 2.05) is 0 Å². The van der Waals surface area contributed by atoms with Gasteiger partial charge in [0.05, 0.1) is 22.4 Å². The maximum Gasteiger partial charge on any atom is 0.228 e. The molecule has 1 amide bonds. The molecule has 3 N–H and O–H groups in total. The summed E-state index contributed by atoms with van der Waals surface area (Å²) in [4.78, 5) is 11.8. The lowest BCUT2D eigenvalue weighted by atomic mass is 10.1. The van der Waals surface area contributed by atoms with Crippen molar-refractivity contribution in [3.05, 3.63) is 17.2 Å². The van der Waals surface area contributed by atoms with E-state index < -0.39 is 0 Å². The highest BCUT2D eigenvalue weighted by molar-refractivity contribution is 7.00. The van der Waals surface area contributed by atoms with Crippen LogP contribution in [0, 0.1) is 5.92 Å². The van der Waals surface area contributed by atoms with E-state index in [1.54, 1.807) is 19.1 Å². The Labute approximate surface area is 107 Å². The number of carbonyl (C=O) groups excluding carboxylic acids is 1. The Morgan fingerprint density at radius 1 is 1.59 bits per heavy atom. The van der Waals surface area contributed by atoms with Gasteiger partial charge in [0.15, 0.2) is 0 Å². The molecule has 0 aliphatic rings. The third kappa shape index (κ3) is 2.38. The van der Waals surface area contributed by atoms with E-state index in [-0.39, 0.29) is 18.4 Å². The number of amides is 1. The molecule has 1 aromatic heterocycles. The Hall–Kier alpha value is -1.24. The molecule has 0 radical (unpaired) electrons. The van der Waals surface area contributed by atoms with Crippen molar-refractivity contribution in [3.63, 3.8) is 0 Å². The van der Waals surface area contributed by atoms with E-state index in [9.17, 15) is 4.79 Å². The van der Waals surface area contributed by atoms with Gasteiger partial charge in [-0.1, -0.05) is 18.5 Å². The first-order chi connectivity index (χ1) is 8.13. The Bertz CT molecular complexity index is 556. The van der Waals surface area contributed by atoms with Crippen LogP contribution in [-0.4, -0.2) is 21.2 Å². The fraction of sp³-hybridized carbons (Fsp3) is 0.300. The predicted octanol–water partition coefficient (Wildman–Crippen LogP) is 1.88. The van der Waals surface area contributed by atoms with Crippen LogP contribution < -0.4 is 11.1 Å². The van der Waals surface area contributed by atoms with E-state index in [0.717, 1.165) is 17.2 Å². The largest absolute Gasteiger partial charge is 0.330 e. The average Bonchev–Trinajstić information content (AvgIpc) is 2.80. The molecule has 5 nitrogen and oxygen atoms in total. The van der Waals surface area contributed by atoms with Gasteiger partial charge in [-0.25, -0.2) is 0 Å². The fourth-order valence-electron chi connectivity index (χ4n) is 1.30. The Kier molecular flexibility index (Phi) is 3.56. The number of rotatable bonds is 3. The molecule has 0 aliphatic heterocycles. The quantitative estimate of drug-likeness (QED) is 0.892. The van der Waals surface area contributed by atoms with Gasteiger partial charge < -0.3 is 11.1 Å². The van der Waals surface area contributed by atoms with E-state index >= 15 is 0 Å². The molecule has 2 rings (SSSR count). The minimum absolute atomic E-state index is 0.171. The minimum atomic E-state index is -0.270. The number of benzene rings is 1. The average molecular weight is 271 g/mol. The summed E-state index contributed by atoms with van der Waals surface area (Å²) >= 11 is 7.13. The van der Waals surface area contributed by atoms with Crippen molar-refractivity contribution >= 4 is 46.0 Å². The minimum Gasteiger partial charge on any atom is -0.330 e. The van der Waals surface area contributed by atoms with Gasteiger partial charge >= 0.3 is 0 Å². The molecule has 90 valence electrons. The summed E-state index contributed by atoms with van der Waals surface area (Å²) in [5, 5.41) is 3.19. The van der Waals surface area contributed by atoms with Crippen LogP contribution in [0.1, 0.15) is 6.92 Å². The molecule has 1 unspecified atom stereocenters. The van der Waals surface area contributed by atoms with E-state index in [1.165, 1.54) is 0 Å². The summed E-state index contributed by atoms with van der Waals surface area (Å²) in [5.74, 6) is -0.442. The topological polar surface area (TPSA) is 80.9 Å². The first-order valence-electron chi connectivity index (χ1n) is 5.05. The van der Waals surface area contributed by atoms with Gasteiger partial charge in [-0.05, 0) is 12.1 Å². The van der Waals surface area contributed by atoms with E-state index in [0.29, 0.717) is 16.2 Å². The van der Waals surface area contributed by atoms with Crippen LogP contribution in [0.25, 0.3) is 11.0 Å². The third-order valence-electron chi connectivity index (χ3n) is 2.43. The molecule has 0 fully saturated rings. The summed E-state index contributed by atoms with van der Waals surface area (Å²) in [7, 11) is 0. The predicted molar refractivity (Wildman–Crippen MR) is 69.3 cm³/mol. The highest BCUT2D eigenvalue weighted by Crippen LogP contribution is 2.30. The lowest BCUT2D eigenvalue weighted by Gasteiger charge is -2.11. The van der Waals surface area contributed by atoms with Crippen LogP contribution in [0.4, 0.5) is 5.69 Å². The fourth-order valence-corrected chi connectivity index (χ4v) is 2.04. The van der Waals surface area contributed by atoms with Crippen molar-refractivity contribution in [2.24, 2.45) is 11.7 Å². The number of fused-ring (bicyclic) bond motifs is 1. The van der Waals surface area contributed by atoms with Crippen LogP contribution in [-0.2, 0) is 4.79 Å². The first-order valence-corrected chi connectivity index (χ1v) is 6.16. The molecule has 7 heteroatoms. The highest BCUT2D eigenvalue weighted by atomic mass is 35.5. The molecule has 0 saturated carbocycles. The van der Waals surface area contributed by atoms with Crippen molar-refractivity contribution in [1.29, 1.82) is 0 Å². The van der Waals surface area contributed by atoms with Gasteiger partial charge in [-0.3, -0.25) is 4.79 Å². The number of nitrogens with two attached hydrogens (primary N) is 1. The van der Waals surface area contributed by atoms with E-state index in [4.69, 9.17) is 17.3 Å². The third-order valence-corrected chi connectivity index (χ3v) is 3.28. The van der Waals surface area contributed by atoms with Crippen molar-refractivity contribution in [2.75, 3.05) is 11.9 Å². The number of nitrogens with one attached hydrogen (secondary N) is 1. The Morgan fingerprint density at radius 3 is 3.06 bits per heavy atom. The summed E-state index contributed by atoms with van der Waals surface area (Å²) in [6, 6.07) is 3.46. The van der Waals surface area contributed by atoms with Gasteiger partial charge in [0, 0.05) is 12.5 Å².